The lowest BCUT2D eigenvalue weighted by atomic mass is 10.1. The van der Waals surface area contributed by atoms with Gasteiger partial charge in [-0.3, -0.25) is 4.79 Å². The number of anilines is 1. The molecule has 32 heavy (non-hydrogen) atoms. The van der Waals surface area contributed by atoms with E-state index in [1.807, 2.05) is 43.3 Å². The summed E-state index contributed by atoms with van der Waals surface area (Å²) >= 11 is 0. The number of Topliss-reactive ketones (excluding diaryl/α,β-unsaturated/α-hetero) is 1. The third-order valence-electron chi connectivity index (χ3n) is 4.94. The normalized spacial score (nSPS) is 10.5. The standard InChI is InChI=1S/C26H36N2O4/c1-2-3-19-32-26(30)28-17-15-25(29)23-13-10-14-24(20-23)27-16-8-5-9-18-31-21-22-11-6-4-7-12-22/h4,6-7,10-14,20,27H,2-3,5,8-9,15-19,21H2,1H3,(H,28,30). The number of alkyl carbamates (subject to hydrolysis) is 1. The molecule has 0 saturated heterocycles. The molecule has 0 atom stereocenters. The molecule has 0 aliphatic rings. The van der Waals surface area contributed by atoms with Gasteiger partial charge in [0, 0.05) is 37.4 Å². The molecule has 2 aromatic carbocycles. The lowest BCUT2D eigenvalue weighted by molar-refractivity contribution is 0.0981. The van der Waals surface area contributed by atoms with Gasteiger partial charge in [-0.15, -0.1) is 0 Å². The summed E-state index contributed by atoms with van der Waals surface area (Å²) in [7, 11) is 0. The van der Waals surface area contributed by atoms with E-state index in [0.29, 0.717) is 18.8 Å². The van der Waals surface area contributed by atoms with E-state index in [0.717, 1.165) is 50.9 Å². The van der Waals surface area contributed by atoms with Crippen LogP contribution in [-0.2, 0) is 16.1 Å². The molecule has 2 aromatic rings. The fourth-order valence-corrected chi connectivity index (χ4v) is 3.09. The first-order chi connectivity index (χ1) is 15.7. The molecule has 0 heterocycles. The molecule has 0 fully saturated rings. The van der Waals surface area contributed by atoms with Crippen LogP contribution in [0, 0.1) is 0 Å². The minimum Gasteiger partial charge on any atom is -0.450 e. The van der Waals surface area contributed by atoms with Gasteiger partial charge in [-0.2, -0.15) is 0 Å². The van der Waals surface area contributed by atoms with Crippen LogP contribution < -0.4 is 10.6 Å². The number of benzene rings is 2. The van der Waals surface area contributed by atoms with Gasteiger partial charge in [-0.05, 0) is 43.4 Å². The third-order valence-corrected chi connectivity index (χ3v) is 4.94. The van der Waals surface area contributed by atoms with Gasteiger partial charge in [0.15, 0.2) is 5.78 Å². The van der Waals surface area contributed by atoms with Gasteiger partial charge in [-0.25, -0.2) is 4.79 Å². The second-order valence-corrected chi connectivity index (χ2v) is 7.70. The molecule has 6 heteroatoms. The summed E-state index contributed by atoms with van der Waals surface area (Å²) in [5.74, 6) is -0.00178. The average molecular weight is 441 g/mol. The quantitative estimate of drug-likeness (QED) is 0.263. The molecule has 0 aromatic heterocycles. The first-order valence-corrected chi connectivity index (χ1v) is 11.6. The Bertz CT molecular complexity index is 795. The Kier molecular flexibility index (Phi) is 12.6. The number of ketones is 1. The number of hydrogen-bond acceptors (Lipinski definition) is 5. The molecule has 0 aliphatic heterocycles. The van der Waals surface area contributed by atoms with Gasteiger partial charge in [-0.1, -0.05) is 55.8 Å². The first-order valence-electron chi connectivity index (χ1n) is 11.6. The summed E-state index contributed by atoms with van der Waals surface area (Å²) in [6.07, 6.45) is 4.74. The zero-order valence-corrected chi connectivity index (χ0v) is 19.1. The number of ether oxygens (including phenoxy) is 2. The number of unbranched alkanes of at least 4 members (excludes halogenated alkanes) is 3. The fraction of sp³-hybridized carbons (Fsp3) is 0.462. The van der Waals surface area contributed by atoms with Crippen LogP contribution in [0.3, 0.4) is 0 Å². The maximum Gasteiger partial charge on any atom is 0.407 e. The summed E-state index contributed by atoms with van der Waals surface area (Å²) in [6.45, 7) is 4.99. The van der Waals surface area contributed by atoms with Gasteiger partial charge in [0.1, 0.15) is 0 Å². The second-order valence-electron chi connectivity index (χ2n) is 7.70. The summed E-state index contributed by atoms with van der Waals surface area (Å²) in [5, 5.41) is 6.00. The number of hydrogen-bond donors (Lipinski definition) is 2. The van der Waals surface area contributed by atoms with E-state index in [-0.39, 0.29) is 18.7 Å². The Hall–Kier alpha value is -2.86. The van der Waals surface area contributed by atoms with Crippen molar-refractivity contribution in [2.45, 2.75) is 52.1 Å². The highest BCUT2D eigenvalue weighted by Crippen LogP contribution is 2.13. The Morgan fingerprint density at radius 1 is 0.875 bits per heavy atom. The summed E-state index contributed by atoms with van der Waals surface area (Å²) in [6, 6.07) is 17.7. The summed E-state index contributed by atoms with van der Waals surface area (Å²) in [5.41, 5.74) is 2.78. The largest absolute Gasteiger partial charge is 0.450 e. The fourth-order valence-electron chi connectivity index (χ4n) is 3.09. The van der Waals surface area contributed by atoms with Crippen molar-refractivity contribution in [1.29, 1.82) is 0 Å². The van der Waals surface area contributed by atoms with Gasteiger partial charge in [0.05, 0.1) is 13.2 Å². The monoisotopic (exact) mass is 440 g/mol. The number of carbonyl (C=O) groups excluding carboxylic acids is 2. The molecule has 0 unspecified atom stereocenters. The van der Waals surface area contributed by atoms with Gasteiger partial charge >= 0.3 is 6.09 Å². The van der Waals surface area contributed by atoms with Gasteiger partial charge in [0.2, 0.25) is 0 Å². The van der Waals surface area contributed by atoms with E-state index in [1.165, 1.54) is 5.56 Å². The van der Waals surface area contributed by atoms with Crippen LogP contribution in [-0.4, -0.2) is 38.2 Å². The highest BCUT2D eigenvalue weighted by atomic mass is 16.5. The van der Waals surface area contributed by atoms with E-state index in [4.69, 9.17) is 9.47 Å². The first kappa shape index (κ1) is 25.4. The zero-order valence-electron chi connectivity index (χ0n) is 19.1. The summed E-state index contributed by atoms with van der Waals surface area (Å²) in [4.78, 5) is 23.9. The van der Waals surface area contributed by atoms with Crippen molar-refractivity contribution in [3.05, 3.63) is 65.7 Å². The van der Waals surface area contributed by atoms with E-state index in [1.54, 1.807) is 6.07 Å². The van der Waals surface area contributed by atoms with Crippen LogP contribution >= 0.6 is 0 Å². The summed E-state index contributed by atoms with van der Waals surface area (Å²) < 4.78 is 10.7. The number of amides is 1. The molecule has 0 saturated carbocycles. The van der Waals surface area contributed by atoms with Crippen molar-refractivity contribution in [3.8, 4) is 0 Å². The van der Waals surface area contributed by atoms with Crippen molar-refractivity contribution < 1.29 is 19.1 Å². The van der Waals surface area contributed by atoms with Crippen molar-refractivity contribution >= 4 is 17.6 Å². The maximum atomic E-state index is 12.4. The topological polar surface area (TPSA) is 76.7 Å². The van der Waals surface area contributed by atoms with Gasteiger partial charge in [0.25, 0.3) is 0 Å². The molecular formula is C26H36N2O4. The predicted octanol–water partition coefficient (Wildman–Crippen LogP) is 5.58. The Morgan fingerprint density at radius 3 is 2.53 bits per heavy atom. The van der Waals surface area contributed by atoms with E-state index >= 15 is 0 Å². The molecule has 0 bridgehead atoms. The Morgan fingerprint density at radius 2 is 1.72 bits per heavy atom. The highest BCUT2D eigenvalue weighted by Gasteiger charge is 2.08. The van der Waals surface area contributed by atoms with Crippen LogP contribution in [0.25, 0.3) is 0 Å². The number of nitrogens with one attached hydrogen (secondary N) is 2. The maximum absolute atomic E-state index is 12.4. The van der Waals surface area contributed by atoms with Crippen LogP contribution in [0.2, 0.25) is 0 Å². The predicted molar refractivity (Wildman–Crippen MR) is 128 cm³/mol. The molecule has 0 spiro atoms. The SMILES string of the molecule is CCCCOC(=O)NCCC(=O)c1cccc(NCCCCCOCc2ccccc2)c1. The molecule has 0 radical (unpaired) electrons. The minimum absolute atomic E-state index is 0.00178. The Balaban J connectivity index is 1.56. The van der Waals surface area contributed by atoms with Crippen LogP contribution in [0.4, 0.5) is 10.5 Å². The zero-order chi connectivity index (χ0) is 22.9. The van der Waals surface area contributed by atoms with E-state index in [9.17, 15) is 9.59 Å². The third kappa shape index (κ3) is 11.0. The van der Waals surface area contributed by atoms with Crippen LogP contribution in [0.15, 0.2) is 54.6 Å². The number of carbonyl (C=O) groups is 2. The highest BCUT2D eigenvalue weighted by molar-refractivity contribution is 5.97. The second kappa shape index (κ2) is 15.9. The molecule has 6 nitrogen and oxygen atoms in total. The average Bonchev–Trinajstić information content (AvgIpc) is 2.82. The van der Waals surface area contributed by atoms with E-state index in [2.05, 4.69) is 22.8 Å². The lowest BCUT2D eigenvalue weighted by Crippen LogP contribution is -2.27. The number of rotatable bonds is 16. The minimum atomic E-state index is -0.466. The van der Waals surface area contributed by atoms with Crippen LogP contribution in [0.5, 0.6) is 0 Å². The van der Waals surface area contributed by atoms with Crippen molar-refractivity contribution in [1.82, 2.24) is 5.32 Å². The molecule has 1 amide bonds. The molecule has 2 N–H and O–H groups in total. The van der Waals surface area contributed by atoms with Crippen molar-refractivity contribution in [2.24, 2.45) is 0 Å². The molecular weight excluding hydrogens is 404 g/mol. The lowest BCUT2D eigenvalue weighted by Gasteiger charge is -2.09. The molecule has 174 valence electrons. The smallest absolute Gasteiger partial charge is 0.407 e. The Labute approximate surface area is 191 Å². The van der Waals surface area contributed by atoms with Crippen LogP contribution in [0.1, 0.15) is 61.4 Å². The van der Waals surface area contributed by atoms with Crippen molar-refractivity contribution in [3.63, 3.8) is 0 Å². The van der Waals surface area contributed by atoms with E-state index < -0.39 is 6.09 Å². The van der Waals surface area contributed by atoms with Gasteiger partial charge < -0.3 is 20.1 Å². The van der Waals surface area contributed by atoms with Crippen molar-refractivity contribution in [2.75, 3.05) is 31.6 Å². The molecule has 2 rings (SSSR count). The molecule has 0 aliphatic carbocycles.